The molecule has 0 atom stereocenters. The fourth-order valence-electron chi connectivity index (χ4n) is 3.34. The predicted octanol–water partition coefficient (Wildman–Crippen LogP) is 12.3. The van der Waals surface area contributed by atoms with Gasteiger partial charge in [0.1, 0.15) is 0 Å². The number of hydrogen-bond acceptors (Lipinski definition) is 2. The molecule has 2 aromatic carbocycles. The Kier molecular flexibility index (Phi) is 15.4. The van der Waals surface area contributed by atoms with Gasteiger partial charge < -0.3 is 13.8 Å². The van der Waals surface area contributed by atoms with Crippen molar-refractivity contribution in [1.29, 1.82) is 0 Å². The molecule has 0 aliphatic rings. The van der Waals surface area contributed by atoms with E-state index in [0.29, 0.717) is 23.7 Å². The molecule has 0 radical (unpaired) electrons. The van der Waals surface area contributed by atoms with E-state index in [4.69, 9.17) is 6.99 Å². The van der Waals surface area contributed by atoms with Gasteiger partial charge in [-0.05, 0) is 0 Å². The van der Waals surface area contributed by atoms with Gasteiger partial charge in [0, 0.05) is 0 Å². The molecule has 0 aliphatic carbocycles. The molecule has 0 amide bonds. The van der Waals surface area contributed by atoms with Crippen molar-refractivity contribution in [3.63, 3.8) is 0 Å². The summed E-state index contributed by atoms with van der Waals surface area (Å²) in [6, 6.07) is 13.3. The molecule has 0 bridgehead atoms. The molecule has 0 saturated carbocycles. The summed E-state index contributed by atoms with van der Waals surface area (Å²) in [7, 11) is 0. The fraction of sp³-hybridized carbons (Fsp3) is 0.588. The molecule has 2 rings (SSSR count). The van der Waals surface area contributed by atoms with E-state index in [0.717, 1.165) is 0 Å². The van der Waals surface area contributed by atoms with Crippen molar-refractivity contribution in [2.75, 3.05) is 0 Å². The zero-order valence-electron chi connectivity index (χ0n) is 26.5. The molecule has 0 aromatic heterocycles. The smallest absolute Gasteiger partial charge is 0.0878 e. The Hall–Kier alpha value is -1.27. The van der Waals surface area contributed by atoms with E-state index >= 15 is 0 Å². The maximum absolute atomic E-state index is 5.11. The fourth-order valence-corrected chi connectivity index (χ4v) is 4.87. The number of nitrogens with zero attached hydrogens (tertiary/aromatic N) is 2. The predicted molar refractivity (Wildman–Crippen MR) is 163 cm³/mol. The van der Waals surface area contributed by atoms with Crippen molar-refractivity contribution in [1.82, 2.24) is 0 Å². The molecule has 0 saturated heterocycles. The topological polar surface area (TPSA) is 24.7 Å². The minimum atomic E-state index is -0.857. The summed E-state index contributed by atoms with van der Waals surface area (Å²) in [5.74, 6) is 1.90. The van der Waals surface area contributed by atoms with E-state index in [1.807, 2.05) is 0 Å². The van der Waals surface area contributed by atoms with Gasteiger partial charge in [0.05, 0.1) is 0 Å². The normalized spacial score (nSPS) is 11.6. The molecule has 0 N–H and O–H groups in total. The average molecular weight is 589 g/mol. The van der Waals surface area contributed by atoms with Gasteiger partial charge in [-0.1, -0.05) is 41.5 Å². The van der Waals surface area contributed by atoms with E-state index in [1.54, 1.807) is 0 Å². The van der Waals surface area contributed by atoms with Crippen LogP contribution in [0.1, 0.15) is 143 Å². The van der Waals surface area contributed by atoms with Crippen LogP contribution in [0.15, 0.2) is 43.4 Å². The minimum absolute atomic E-state index is 0.250. The Balaban J connectivity index is 0.00000110. The SMILES string of the molecule is CC(C)c1cccc(C(C)C)c1[N]=[Mo+2]=[N]c1c(C(C)C)cccc1C(C)C.[CH2-]C(C)(C)C.[CH2-]C(C)(C)C. The van der Waals surface area contributed by atoms with Crippen molar-refractivity contribution < 1.29 is 18.2 Å². The van der Waals surface area contributed by atoms with Gasteiger partial charge in [0.2, 0.25) is 0 Å². The zero-order valence-corrected chi connectivity index (χ0v) is 28.5. The molecule has 0 aliphatic heterocycles. The van der Waals surface area contributed by atoms with Crippen molar-refractivity contribution in [3.05, 3.63) is 72.5 Å². The first-order valence-corrected chi connectivity index (χ1v) is 15.6. The molecule has 208 valence electrons. The van der Waals surface area contributed by atoms with Crippen LogP contribution in [0.5, 0.6) is 0 Å². The molecule has 3 heteroatoms. The first kappa shape index (κ1) is 35.7. The molecule has 2 aromatic rings. The molecular formula is C34H56MoN2. The molecule has 0 heterocycles. The molecule has 37 heavy (non-hydrogen) atoms. The first-order chi connectivity index (χ1) is 16.7. The first-order valence-electron chi connectivity index (χ1n) is 13.8. The van der Waals surface area contributed by atoms with E-state index in [2.05, 4.69) is 147 Å². The van der Waals surface area contributed by atoms with Crippen molar-refractivity contribution in [2.45, 2.75) is 121 Å². The van der Waals surface area contributed by atoms with Gasteiger partial charge in [-0.25, -0.2) is 0 Å². The molecule has 0 unspecified atom stereocenters. The Morgan fingerprint density at radius 3 is 0.865 bits per heavy atom. The monoisotopic (exact) mass is 590 g/mol. The Bertz CT molecular complexity index is 865. The van der Waals surface area contributed by atoms with E-state index in [1.165, 1.54) is 33.6 Å². The summed E-state index contributed by atoms with van der Waals surface area (Å²) in [6.07, 6.45) is 0. The van der Waals surface area contributed by atoms with Crippen LogP contribution in [0.3, 0.4) is 0 Å². The van der Waals surface area contributed by atoms with Gasteiger partial charge in [0.25, 0.3) is 0 Å². The largest absolute Gasteiger partial charge is 0.338 e. The standard InChI is InChI=1S/2C12H17N.2C5H11.Mo/c2*1-8(2)10-6-5-7-11(9(3)4)12(10)13;2*1-5(2,3)4;/h2*5-9H,1-4H3;2*1H2,2-4H3;/q;;2*-1;+2. The Morgan fingerprint density at radius 2 is 0.703 bits per heavy atom. The third kappa shape index (κ3) is 15.7. The van der Waals surface area contributed by atoms with Crippen LogP contribution in [0.4, 0.5) is 11.4 Å². The zero-order chi connectivity index (χ0) is 29.1. The maximum Gasteiger partial charge on any atom is -0.0878 e. The second-order valence-corrected chi connectivity index (χ2v) is 14.9. The van der Waals surface area contributed by atoms with E-state index in [-0.39, 0.29) is 10.8 Å². The second-order valence-electron chi connectivity index (χ2n) is 13.6. The van der Waals surface area contributed by atoms with Crippen molar-refractivity contribution in [2.24, 2.45) is 17.8 Å². The van der Waals surface area contributed by atoms with Crippen LogP contribution in [0.2, 0.25) is 0 Å². The van der Waals surface area contributed by atoms with Crippen molar-refractivity contribution in [3.8, 4) is 0 Å². The Labute approximate surface area is 239 Å². The molecule has 0 spiro atoms. The number of benzene rings is 2. The third-order valence-electron chi connectivity index (χ3n) is 4.95. The molecule has 2 nitrogen and oxygen atoms in total. The summed E-state index contributed by atoms with van der Waals surface area (Å²) in [5.41, 5.74) is 8.29. The summed E-state index contributed by atoms with van der Waals surface area (Å²) < 4.78 is 10.2. The van der Waals surface area contributed by atoms with E-state index in [9.17, 15) is 0 Å². The van der Waals surface area contributed by atoms with Gasteiger partial charge in [0.15, 0.2) is 0 Å². The summed E-state index contributed by atoms with van der Waals surface area (Å²) >= 11 is -0.857. The summed E-state index contributed by atoms with van der Waals surface area (Å²) in [4.78, 5) is 0. The Morgan fingerprint density at radius 1 is 0.514 bits per heavy atom. The van der Waals surface area contributed by atoms with Gasteiger partial charge >= 0.3 is 174 Å². The van der Waals surface area contributed by atoms with E-state index < -0.39 is 18.2 Å². The minimum Gasteiger partial charge on any atom is -0.338 e. The van der Waals surface area contributed by atoms with Gasteiger partial charge in [-0.3, -0.25) is 0 Å². The number of rotatable bonds is 6. The van der Waals surface area contributed by atoms with Crippen molar-refractivity contribution >= 4 is 11.4 Å². The average Bonchev–Trinajstić information content (AvgIpc) is 2.70. The van der Waals surface area contributed by atoms with Crippen LogP contribution in [0.25, 0.3) is 0 Å². The van der Waals surface area contributed by atoms with Crippen LogP contribution in [-0.2, 0) is 18.2 Å². The van der Waals surface area contributed by atoms with Crippen LogP contribution >= 0.6 is 0 Å². The third-order valence-corrected chi connectivity index (χ3v) is 6.25. The molecule has 0 fully saturated rings. The number of hydrogen-bond donors (Lipinski definition) is 0. The van der Waals surface area contributed by atoms with Crippen LogP contribution < -0.4 is 0 Å². The van der Waals surface area contributed by atoms with Crippen LogP contribution in [0, 0.1) is 24.7 Å². The maximum atomic E-state index is 5.11. The quantitative estimate of drug-likeness (QED) is 0.237. The van der Waals surface area contributed by atoms with Crippen LogP contribution in [-0.4, -0.2) is 0 Å². The van der Waals surface area contributed by atoms with Gasteiger partial charge in [-0.2, -0.15) is 10.8 Å². The summed E-state index contributed by atoms with van der Waals surface area (Å²) in [6.45, 7) is 38.0. The molecular weight excluding hydrogens is 532 g/mol. The second kappa shape index (κ2) is 16.0. The summed E-state index contributed by atoms with van der Waals surface area (Å²) in [5, 5.41) is 0. The van der Waals surface area contributed by atoms with Gasteiger partial charge in [-0.15, -0.1) is 0 Å².